The van der Waals surface area contributed by atoms with Gasteiger partial charge in [0, 0.05) is 5.56 Å². The van der Waals surface area contributed by atoms with Gasteiger partial charge >= 0.3 is 11.4 Å². The van der Waals surface area contributed by atoms with E-state index < -0.39 is 17.3 Å². The topological polar surface area (TPSA) is 88.9 Å². The minimum absolute atomic E-state index is 0.348. The van der Waals surface area contributed by atoms with E-state index in [0.717, 1.165) is 4.68 Å². The number of para-hydroxylation sites is 1. The van der Waals surface area contributed by atoms with Crippen molar-refractivity contribution in [2.75, 3.05) is 5.43 Å². The predicted molar refractivity (Wildman–Crippen MR) is 80.8 cm³/mol. The van der Waals surface area contributed by atoms with E-state index in [1.54, 1.807) is 60.7 Å². The molecule has 0 saturated heterocycles. The highest BCUT2D eigenvalue weighted by molar-refractivity contribution is 5.99. The van der Waals surface area contributed by atoms with Crippen LogP contribution >= 0.6 is 0 Å². The Hall–Kier alpha value is -3.35. The molecule has 22 heavy (non-hydrogen) atoms. The van der Waals surface area contributed by atoms with Crippen LogP contribution < -0.4 is 16.8 Å². The summed E-state index contributed by atoms with van der Waals surface area (Å²) in [7, 11) is 0. The lowest BCUT2D eigenvalue weighted by Gasteiger charge is -2.03. The van der Waals surface area contributed by atoms with Gasteiger partial charge < -0.3 is 0 Å². The Morgan fingerprint density at radius 1 is 0.909 bits per heavy atom. The van der Waals surface area contributed by atoms with Crippen LogP contribution in [0.4, 0.5) is 0 Å². The van der Waals surface area contributed by atoms with Crippen LogP contribution in [0.1, 0.15) is 10.4 Å². The van der Waals surface area contributed by atoms with Crippen LogP contribution in [0, 0.1) is 0 Å². The van der Waals surface area contributed by atoms with Gasteiger partial charge in [-0.15, -0.1) is 4.68 Å². The van der Waals surface area contributed by atoms with Gasteiger partial charge in [-0.3, -0.25) is 10.2 Å². The third-order valence-corrected chi connectivity index (χ3v) is 3.06. The molecule has 7 heteroatoms. The summed E-state index contributed by atoms with van der Waals surface area (Å²) in [5, 5.41) is 2.38. The molecule has 110 valence electrons. The zero-order valence-electron chi connectivity index (χ0n) is 11.4. The minimum Gasteiger partial charge on any atom is -0.267 e. The largest absolute Gasteiger partial charge is 0.371 e. The highest BCUT2D eigenvalue weighted by atomic mass is 16.2. The monoisotopic (exact) mass is 296 g/mol. The van der Waals surface area contributed by atoms with E-state index in [2.05, 4.69) is 10.5 Å². The maximum Gasteiger partial charge on any atom is 0.371 e. The third kappa shape index (κ3) is 2.47. The van der Waals surface area contributed by atoms with E-state index >= 15 is 0 Å². The average molecular weight is 296 g/mol. The Labute approximate surface area is 124 Å². The number of benzene rings is 2. The highest BCUT2D eigenvalue weighted by Gasteiger charge is 2.13. The second-order valence-corrected chi connectivity index (χ2v) is 4.51. The van der Waals surface area contributed by atoms with Crippen molar-refractivity contribution >= 4 is 5.91 Å². The number of hydrogen-bond acceptors (Lipinski definition) is 3. The van der Waals surface area contributed by atoms with E-state index in [4.69, 9.17) is 0 Å². The molecule has 3 rings (SSSR count). The lowest BCUT2D eigenvalue weighted by molar-refractivity contribution is 0.101. The van der Waals surface area contributed by atoms with Crippen LogP contribution in [0.15, 0.2) is 70.3 Å². The summed E-state index contributed by atoms with van der Waals surface area (Å²) in [6.07, 6.45) is 0. The van der Waals surface area contributed by atoms with Crippen LogP contribution in [0.2, 0.25) is 0 Å². The zero-order valence-corrected chi connectivity index (χ0v) is 11.4. The van der Waals surface area contributed by atoms with Crippen LogP contribution in [0.5, 0.6) is 0 Å². The fourth-order valence-electron chi connectivity index (χ4n) is 1.99. The molecule has 0 radical (unpaired) electrons. The number of aromatic amines is 1. The molecule has 0 saturated carbocycles. The van der Waals surface area contributed by atoms with Gasteiger partial charge in [0.15, 0.2) is 0 Å². The molecule has 0 unspecified atom stereocenters. The molecule has 2 aromatic carbocycles. The number of H-pyrrole nitrogens is 1. The van der Waals surface area contributed by atoms with Crippen molar-refractivity contribution in [3.63, 3.8) is 0 Å². The van der Waals surface area contributed by atoms with Crippen molar-refractivity contribution in [1.29, 1.82) is 0 Å². The van der Waals surface area contributed by atoms with E-state index in [1.165, 1.54) is 0 Å². The first-order chi connectivity index (χ1) is 10.7. The minimum atomic E-state index is -0.724. The van der Waals surface area contributed by atoms with Crippen molar-refractivity contribution < 1.29 is 4.79 Å². The number of amides is 1. The molecule has 7 nitrogen and oxygen atoms in total. The van der Waals surface area contributed by atoms with E-state index in [0.29, 0.717) is 15.9 Å². The van der Waals surface area contributed by atoms with Gasteiger partial charge in [-0.25, -0.2) is 14.7 Å². The number of nitrogens with zero attached hydrogens (tertiary/aromatic N) is 2. The molecule has 2 N–H and O–H groups in total. The first-order valence-electron chi connectivity index (χ1n) is 6.53. The molecule has 3 aromatic rings. The van der Waals surface area contributed by atoms with Crippen molar-refractivity contribution in [2.45, 2.75) is 0 Å². The average Bonchev–Trinajstić information content (AvgIpc) is 2.84. The standard InChI is InChI=1S/C15H12N4O3/c20-13(11-7-3-1-4-8-11)16-19-14(21)17-18(15(19)22)12-9-5-2-6-10-12/h1-10H,(H,16,20)(H,17,21). The fourth-order valence-corrected chi connectivity index (χ4v) is 1.99. The van der Waals surface area contributed by atoms with E-state index in [-0.39, 0.29) is 0 Å². The fraction of sp³-hybridized carbons (Fsp3) is 0. The molecular weight excluding hydrogens is 284 g/mol. The number of hydrogen-bond donors (Lipinski definition) is 2. The first kappa shape index (κ1) is 13.6. The molecule has 1 aromatic heterocycles. The second kappa shape index (κ2) is 5.57. The summed E-state index contributed by atoms with van der Waals surface area (Å²) in [4.78, 5) is 36.1. The van der Waals surface area contributed by atoms with Gasteiger partial charge in [0.2, 0.25) is 0 Å². The number of nitrogens with one attached hydrogen (secondary N) is 2. The lowest BCUT2D eigenvalue weighted by atomic mass is 10.2. The van der Waals surface area contributed by atoms with Crippen molar-refractivity contribution in [2.24, 2.45) is 0 Å². The van der Waals surface area contributed by atoms with Gasteiger partial charge in [-0.2, -0.15) is 4.68 Å². The normalized spacial score (nSPS) is 10.4. The van der Waals surface area contributed by atoms with Crippen LogP contribution in [0.25, 0.3) is 5.69 Å². The number of aromatic nitrogens is 3. The van der Waals surface area contributed by atoms with Gasteiger partial charge in [0.25, 0.3) is 5.91 Å². The van der Waals surface area contributed by atoms with Crippen molar-refractivity contribution in [3.8, 4) is 5.69 Å². The molecule has 0 bridgehead atoms. The zero-order chi connectivity index (χ0) is 15.5. The van der Waals surface area contributed by atoms with E-state index in [1.807, 2.05) is 0 Å². The molecular formula is C15H12N4O3. The predicted octanol–water partition coefficient (Wildman–Crippen LogP) is 0.711. The van der Waals surface area contributed by atoms with Gasteiger partial charge in [-0.05, 0) is 24.3 Å². The summed E-state index contributed by atoms with van der Waals surface area (Å²) < 4.78 is 1.70. The summed E-state index contributed by atoms with van der Waals surface area (Å²) in [6, 6.07) is 16.9. The molecule has 1 heterocycles. The van der Waals surface area contributed by atoms with Crippen molar-refractivity contribution in [3.05, 3.63) is 87.2 Å². The van der Waals surface area contributed by atoms with E-state index in [9.17, 15) is 14.4 Å². The SMILES string of the molecule is O=C(Nn1c(=O)[nH]n(-c2ccccc2)c1=O)c1ccccc1. The summed E-state index contributed by atoms with van der Waals surface area (Å²) >= 11 is 0. The van der Waals surface area contributed by atoms with Gasteiger partial charge in [0.05, 0.1) is 5.69 Å². The highest BCUT2D eigenvalue weighted by Crippen LogP contribution is 2.01. The Bertz CT molecular complexity index is 907. The van der Waals surface area contributed by atoms with Crippen LogP contribution in [-0.2, 0) is 0 Å². The van der Waals surface area contributed by atoms with Gasteiger partial charge in [-0.1, -0.05) is 36.4 Å². The summed E-state index contributed by atoms with van der Waals surface area (Å²) in [5.74, 6) is -0.543. The number of rotatable bonds is 3. The molecule has 0 aliphatic rings. The maximum atomic E-state index is 12.2. The molecule has 1 amide bonds. The van der Waals surface area contributed by atoms with Crippen molar-refractivity contribution in [1.82, 2.24) is 14.5 Å². The number of carbonyl (C=O) groups excluding carboxylic acids is 1. The van der Waals surface area contributed by atoms with Crippen LogP contribution in [0.3, 0.4) is 0 Å². The summed E-state index contributed by atoms with van der Waals surface area (Å²) in [6.45, 7) is 0. The molecule has 0 fully saturated rings. The molecule has 0 atom stereocenters. The Balaban J connectivity index is 1.96. The maximum absolute atomic E-state index is 12.2. The first-order valence-corrected chi connectivity index (χ1v) is 6.53. The Morgan fingerprint density at radius 3 is 2.14 bits per heavy atom. The van der Waals surface area contributed by atoms with Crippen LogP contribution in [-0.4, -0.2) is 20.4 Å². The quantitative estimate of drug-likeness (QED) is 0.746. The molecule has 0 spiro atoms. The molecule has 0 aliphatic heterocycles. The third-order valence-electron chi connectivity index (χ3n) is 3.06. The second-order valence-electron chi connectivity index (χ2n) is 4.51. The lowest BCUT2D eigenvalue weighted by Crippen LogP contribution is -2.39. The van der Waals surface area contributed by atoms with Gasteiger partial charge in [0.1, 0.15) is 0 Å². The smallest absolute Gasteiger partial charge is 0.267 e. The Kier molecular flexibility index (Phi) is 3.45. The molecule has 0 aliphatic carbocycles. The number of carbonyl (C=O) groups is 1. The summed E-state index contributed by atoms with van der Waals surface area (Å²) in [5.41, 5.74) is 1.73. The Morgan fingerprint density at radius 2 is 1.50 bits per heavy atom.